The van der Waals surface area contributed by atoms with Crippen LogP contribution in [0, 0.1) is 0 Å². The molecule has 9 heteroatoms. The zero-order chi connectivity index (χ0) is 19.8. The predicted octanol–water partition coefficient (Wildman–Crippen LogP) is -1.09. The van der Waals surface area contributed by atoms with Crippen LogP contribution in [0.4, 0.5) is 0 Å². The Labute approximate surface area is 156 Å². The van der Waals surface area contributed by atoms with E-state index in [2.05, 4.69) is 16.0 Å². The van der Waals surface area contributed by atoms with Crippen LogP contribution in [0.25, 0.3) is 0 Å². The summed E-state index contributed by atoms with van der Waals surface area (Å²) in [6, 6.07) is 6.24. The van der Waals surface area contributed by atoms with Gasteiger partial charge in [0.25, 0.3) is 0 Å². The second-order valence-electron chi connectivity index (χ2n) is 6.47. The largest absolute Gasteiger partial charge is 0.480 e. The maximum absolute atomic E-state index is 12.6. The third-order valence-corrected chi connectivity index (χ3v) is 4.31. The Hall–Kier alpha value is -2.94. The minimum absolute atomic E-state index is 0.189. The van der Waals surface area contributed by atoms with Crippen LogP contribution in [0.1, 0.15) is 24.8 Å². The highest BCUT2D eigenvalue weighted by Gasteiger charge is 2.30. The number of primary amides is 1. The van der Waals surface area contributed by atoms with Crippen LogP contribution in [-0.4, -0.2) is 53.5 Å². The van der Waals surface area contributed by atoms with E-state index in [0.29, 0.717) is 6.42 Å². The fourth-order valence-corrected chi connectivity index (χ4v) is 2.91. The summed E-state index contributed by atoms with van der Waals surface area (Å²) in [5.41, 5.74) is 5.84. The molecule has 2 rings (SSSR count). The smallest absolute Gasteiger partial charge is 0.326 e. The molecule has 146 valence electrons. The summed E-state index contributed by atoms with van der Waals surface area (Å²) in [4.78, 5) is 47.3. The number of carboxylic acid groups (broad SMARTS) is 1. The second kappa shape index (κ2) is 9.67. The number of benzene rings is 1. The first kappa shape index (κ1) is 20.4. The molecule has 6 N–H and O–H groups in total. The van der Waals surface area contributed by atoms with Crippen LogP contribution >= 0.6 is 0 Å². The highest BCUT2D eigenvalue weighted by molar-refractivity contribution is 5.93. The molecule has 1 aromatic carbocycles. The Kier molecular flexibility index (Phi) is 7.30. The Morgan fingerprint density at radius 3 is 2.41 bits per heavy atom. The lowest BCUT2D eigenvalue weighted by molar-refractivity contribution is -0.143. The summed E-state index contributed by atoms with van der Waals surface area (Å²) in [5, 5.41) is 17.2. The number of nitrogens with one attached hydrogen (secondary N) is 3. The van der Waals surface area contributed by atoms with Gasteiger partial charge in [-0.05, 0) is 24.9 Å². The van der Waals surface area contributed by atoms with Gasteiger partial charge in [-0.1, -0.05) is 30.3 Å². The monoisotopic (exact) mass is 376 g/mol. The van der Waals surface area contributed by atoms with Gasteiger partial charge in [0.1, 0.15) is 12.1 Å². The first-order valence-corrected chi connectivity index (χ1v) is 8.76. The molecule has 0 spiro atoms. The lowest BCUT2D eigenvalue weighted by Gasteiger charge is -2.22. The summed E-state index contributed by atoms with van der Waals surface area (Å²) in [5.74, 6) is -3.21. The Morgan fingerprint density at radius 1 is 1.15 bits per heavy atom. The SMILES string of the molecule is NC(=O)C[C@H](NC(=O)[C@H](Cc1ccccc1)NC(=O)[C@@H]1CCCN1)C(=O)O. The van der Waals surface area contributed by atoms with Crippen LogP contribution in [0.3, 0.4) is 0 Å². The third-order valence-electron chi connectivity index (χ3n) is 4.31. The van der Waals surface area contributed by atoms with E-state index in [1.807, 2.05) is 6.07 Å². The van der Waals surface area contributed by atoms with Crippen LogP contribution < -0.4 is 21.7 Å². The van der Waals surface area contributed by atoms with Crippen molar-refractivity contribution in [3.05, 3.63) is 35.9 Å². The maximum atomic E-state index is 12.6. The second-order valence-corrected chi connectivity index (χ2v) is 6.47. The van der Waals surface area contributed by atoms with Crippen LogP contribution in [0.15, 0.2) is 30.3 Å². The van der Waals surface area contributed by atoms with E-state index in [-0.39, 0.29) is 18.4 Å². The van der Waals surface area contributed by atoms with Gasteiger partial charge in [-0.25, -0.2) is 4.79 Å². The molecule has 27 heavy (non-hydrogen) atoms. The van der Waals surface area contributed by atoms with Crippen molar-refractivity contribution in [1.29, 1.82) is 0 Å². The molecule has 0 saturated carbocycles. The van der Waals surface area contributed by atoms with Gasteiger partial charge in [0.15, 0.2) is 0 Å². The standard InChI is InChI=1S/C18H24N4O5/c19-15(23)10-14(18(26)27)22-17(25)13(9-11-5-2-1-3-6-11)21-16(24)12-7-4-8-20-12/h1-3,5-6,12-14,20H,4,7-10H2,(H2,19,23)(H,21,24)(H,22,25)(H,26,27)/t12-,13-,14-/m0/s1. The molecule has 1 aromatic rings. The number of carbonyl (C=O) groups excluding carboxylic acids is 3. The lowest BCUT2D eigenvalue weighted by Crippen LogP contribution is -2.55. The molecule has 0 unspecified atom stereocenters. The molecule has 1 aliphatic rings. The summed E-state index contributed by atoms with van der Waals surface area (Å²) < 4.78 is 0. The Balaban J connectivity index is 2.11. The zero-order valence-corrected chi connectivity index (χ0v) is 14.8. The number of carbonyl (C=O) groups is 4. The highest BCUT2D eigenvalue weighted by atomic mass is 16.4. The average Bonchev–Trinajstić information content (AvgIpc) is 3.15. The van der Waals surface area contributed by atoms with Crippen molar-refractivity contribution >= 4 is 23.7 Å². The van der Waals surface area contributed by atoms with E-state index in [9.17, 15) is 24.3 Å². The van der Waals surface area contributed by atoms with E-state index in [1.54, 1.807) is 24.3 Å². The predicted molar refractivity (Wildman–Crippen MR) is 96.5 cm³/mol. The van der Waals surface area contributed by atoms with Crippen LogP contribution in [0.2, 0.25) is 0 Å². The van der Waals surface area contributed by atoms with Gasteiger partial charge in [0.05, 0.1) is 12.5 Å². The first-order chi connectivity index (χ1) is 12.9. The van der Waals surface area contributed by atoms with Crippen LogP contribution in [0.5, 0.6) is 0 Å². The summed E-state index contributed by atoms with van der Waals surface area (Å²) in [7, 11) is 0. The van der Waals surface area contributed by atoms with Crippen molar-refractivity contribution in [2.45, 2.75) is 43.8 Å². The molecule has 0 aromatic heterocycles. The van der Waals surface area contributed by atoms with E-state index in [1.165, 1.54) is 0 Å². The zero-order valence-electron chi connectivity index (χ0n) is 14.8. The molecule has 1 saturated heterocycles. The average molecular weight is 376 g/mol. The molecular formula is C18H24N4O5. The molecule has 9 nitrogen and oxygen atoms in total. The number of hydrogen-bond donors (Lipinski definition) is 5. The Morgan fingerprint density at radius 2 is 1.85 bits per heavy atom. The number of carboxylic acids is 1. The van der Waals surface area contributed by atoms with Gasteiger partial charge in [-0.3, -0.25) is 14.4 Å². The van der Waals surface area contributed by atoms with E-state index in [0.717, 1.165) is 18.5 Å². The summed E-state index contributed by atoms with van der Waals surface area (Å²) in [6.45, 7) is 0.729. The van der Waals surface area contributed by atoms with Crippen molar-refractivity contribution < 1.29 is 24.3 Å². The summed E-state index contributed by atoms with van der Waals surface area (Å²) >= 11 is 0. The number of nitrogens with two attached hydrogens (primary N) is 1. The van der Waals surface area contributed by atoms with Gasteiger partial charge in [-0.2, -0.15) is 0 Å². The first-order valence-electron chi connectivity index (χ1n) is 8.76. The van der Waals surface area contributed by atoms with Crippen molar-refractivity contribution in [1.82, 2.24) is 16.0 Å². The molecule has 1 heterocycles. The van der Waals surface area contributed by atoms with Gasteiger partial charge in [0.2, 0.25) is 17.7 Å². The quantitative estimate of drug-likeness (QED) is 0.369. The molecule has 0 radical (unpaired) electrons. The third kappa shape index (κ3) is 6.37. The highest BCUT2D eigenvalue weighted by Crippen LogP contribution is 2.08. The topological polar surface area (TPSA) is 151 Å². The molecule has 0 bridgehead atoms. The molecule has 3 amide bonds. The molecule has 0 aliphatic carbocycles. The minimum atomic E-state index is -1.45. The lowest BCUT2D eigenvalue weighted by atomic mass is 10.0. The van der Waals surface area contributed by atoms with Crippen molar-refractivity contribution in [2.75, 3.05) is 6.54 Å². The summed E-state index contributed by atoms with van der Waals surface area (Å²) in [6.07, 6.45) is 1.20. The van der Waals surface area contributed by atoms with Crippen molar-refractivity contribution in [2.24, 2.45) is 5.73 Å². The molecule has 1 aliphatic heterocycles. The van der Waals surface area contributed by atoms with Crippen molar-refractivity contribution in [3.8, 4) is 0 Å². The fraction of sp³-hybridized carbons (Fsp3) is 0.444. The van der Waals surface area contributed by atoms with Gasteiger partial charge >= 0.3 is 5.97 Å². The number of rotatable bonds is 9. The number of amides is 3. The van der Waals surface area contributed by atoms with Gasteiger partial charge in [0, 0.05) is 6.42 Å². The van der Waals surface area contributed by atoms with E-state index >= 15 is 0 Å². The minimum Gasteiger partial charge on any atom is -0.480 e. The number of aliphatic carboxylic acids is 1. The fourth-order valence-electron chi connectivity index (χ4n) is 2.91. The Bertz CT molecular complexity index is 688. The van der Waals surface area contributed by atoms with Crippen LogP contribution in [-0.2, 0) is 25.6 Å². The molecule has 1 fully saturated rings. The number of hydrogen-bond acceptors (Lipinski definition) is 5. The van der Waals surface area contributed by atoms with Gasteiger partial charge in [-0.15, -0.1) is 0 Å². The maximum Gasteiger partial charge on any atom is 0.326 e. The molecular weight excluding hydrogens is 352 g/mol. The van der Waals surface area contributed by atoms with Crippen molar-refractivity contribution in [3.63, 3.8) is 0 Å². The molecule has 3 atom stereocenters. The van der Waals surface area contributed by atoms with E-state index in [4.69, 9.17) is 5.73 Å². The van der Waals surface area contributed by atoms with E-state index < -0.39 is 36.3 Å². The van der Waals surface area contributed by atoms with Gasteiger partial charge < -0.3 is 26.8 Å². The normalized spacial score (nSPS) is 18.3.